The second-order valence-electron chi connectivity index (χ2n) is 4.86. The number of fused-ring (bicyclic) bond motifs is 1. The lowest BCUT2D eigenvalue weighted by Gasteiger charge is -2.06. The topological polar surface area (TPSA) is 88.0 Å². The van der Waals surface area contributed by atoms with Crippen LogP contribution in [0.3, 0.4) is 0 Å². The van der Waals surface area contributed by atoms with E-state index in [-0.39, 0.29) is 11.4 Å². The van der Waals surface area contributed by atoms with Crippen LogP contribution >= 0.6 is 11.3 Å². The minimum Gasteiger partial charge on any atom is -0.399 e. The number of benzene rings is 1. The number of H-pyrrole nitrogens is 1. The molecule has 0 amide bonds. The summed E-state index contributed by atoms with van der Waals surface area (Å²) in [5, 5.41) is 4.55. The van der Waals surface area contributed by atoms with E-state index in [2.05, 4.69) is 9.71 Å². The van der Waals surface area contributed by atoms with Crippen LogP contribution in [0.25, 0.3) is 10.9 Å². The smallest absolute Gasteiger partial charge is 0.242 e. The number of aromatic nitrogens is 1. The van der Waals surface area contributed by atoms with Gasteiger partial charge in [0.15, 0.2) is 0 Å². The van der Waals surface area contributed by atoms with Crippen molar-refractivity contribution in [2.24, 2.45) is 0 Å². The number of aryl methyl sites for hydroxylation is 1. The number of anilines is 1. The Morgan fingerprint density at radius 1 is 1.33 bits per heavy atom. The molecular formula is C14H15N3O2S2. The second kappa shape index (κ2) is 5.18. The number of nitrogen functional groups attached to an aromatic ring is 1. The molecule has 2 heterocycles. The molecule has 3 aromatic rings. The van der Waals surface area contributed by atoms with Crippen molar-refractivity contribution >= 4 is 38.0 Å². The highest BCUT2D eigenvalue weighted by atomic mass is 32.2. The Labute approximate surface area is 126 Å². The molecule has 0 atom stereocenters. The van der Waals surface area contributed by atoms with Crippen LogP contribution in [0.4, 0.5) is 5.69 Å². The highest BCUT2D eigenvalue weighted by molar-refractivity contribution is 7.89. The first-order valence-electron chi connectivity index (χ1n) is 6.35. The van der Waals surface area contributed by atoms with Crippen molar-refractivity contribution in [2.75, 3.05) is 5.73 Å². The Hall–Kier alpha value is -1.83. The summed E-state index contributed by atoms with van der Waals surface area (Å²) in [6, 6.07) is 5.17. The van der Waals surface area contributed by atoms with Gasteiger partial charge in [0.1, 0.15) is 4.90 Å². The summed E-state index contributed by atoms with van der Waals surface area (Å²) in [5.74, 6) is 0. The summed E-state index contributed by atoms with van der Waals surface area (Å²) < 4.78 is 27.5. The Morgan fingerprint density at radius 2 is 2.14 bits per heavy atom. The van der Waals surface area contributed by atoms with E-state index in [1.54, 1.807) is 29.5 Å². The molecule has 0 bridgehead atoms. The van der Waals surface area contributed by atoms with Crippen molar-refractivity contribution in [3.63, 3.8) is 0 Å². The molecule has 110 valence electrons. The summed E-state index contributed by atoms with van der Waals surface area (Å²) in [5.41, 5.74) is 9.10. The van der Waals surface area contributed by atoms with Crippen molar-refractivity contribution in [3.8, 4) is 0 Å². The molecule has 0 saturated carbocycles. The first-order valence-corrected chi connectivity index (χ1v) is 8.78. The zero-order valence-corrected chi connectivity index (χ0v) is 13.0. The van der Waals surface area contributed by atoms with E-state index in [1.807, 2.05) is 17.7 Å². The molecule has 7 heteroatoms. The molecule has 0 fully saturated rings. The Balaban J connectivity index is 1.93. The van der Waals surface area contributed by atoms with Gasteiger partial charge in [0, 0.05) is 29.3 Å². The first-order chi connectivity index (χ1) is 9.97. The Bertz CT molecular complexity index is 894. The van der Waals surface area contributed by atoms with Gasteiger partial charge in [-0.2, -0.15) is 11.3 Å². The molecule has 0 radical (unpaired) electrons. The highest BCUT2D eigenvalue weighted by Crippen LogP contribution is 2.25. The third-order valence-corrected chi connectivity index (χ3v) is 5.72. The average molecular weight is 321 g/mol. The molecule has 3 rings (SSSR count). The van der Waals surface area contributed by atoms with Crippen molar-refractivity contribution in [3.05, 3.63) is 46.3 Å². The number of nitrogens with two attached hydrogens (primary N) is 1. The van der Waals surface area contributed by atoms with Gasteiger partial charge in [-0.15, -0.1) is 0 Å². The van der Waals surface area contributed by atoms with Crippen molar-refractivity contribution in [1.82, 2.24) is 9.71 Å². The molecule has 21 heavy (non-hydrogen) atoms. The molecule has 0 unspecified atom stereocenters. The molecule has 2 aromatic heterocycles. The highest BCUT2D eigenvalue weighted by Gasteiger charge is 2.19. The van der Waals surface area contributed by atoms with Gasteiger partial charge in [-0.25, -0.2) is 13.1 Å². The number of nitrogens with one attached hydrogen (secondary N) is 2. The van der Waals surface area contributed by atoms with Crippen molar-refractivity contribution in [2.45, 2.75) is 18.4 Å². The van der Waals surface area contributed by atoms with Gasteiger partial charge in [0.25, 0.3) is 0 Å². The zero-order valence-electron chi connectivity index (χ0n) is 11.4. The van der Waals surface area contributed by atoms with Crippen LogP contribution in [0.15, 0.2) is 40.1 Å². The van der Waals surface area contributed by atoms with Crippen LogP contribution in [0, 0.1) is 6.92 Å². The molecule has 5 nitrogen and oxygen atoms in total. The third kappa shape index (κ3) is 2.67. The van der Waals surface area contributed by atoms with Gasteiger partial charge in [0.05, 0.1) is 0 Å². The van der Waals surface area contributed by atoms with Crippen LogP contribution < -0.4 is 10.5 Å². The summed E-state index contributed by atoms with van der Waals surface area (Å²) in [7, 11) is -3.59. The summed E-state index contributed by atoms with van der Waals surface area (Å²) >= 11 is 1.56. The minimum absolute atomic E-state index is 0.220. The van der Waals surface area contributed by atoms with Crippen molar-refractivity contribution in [1.29, 1.82) is 0 Å². The quantitative estimate of drug-likeness (QED) is 0.645. The van der Waals surface area contributed by atoms with E-state index in [4.69, 9.17) is 5.73 Å². The fraction of sp³-hybridized carbons (Fsp3) is 0.143. The maximum Gasteiger partial charge on any atom is 0.242 e. The number of hydrogen-bond acceptors (Lipinski definition) is 4. The van der Waals surface area contributed by atoms with Gasteiger partial charge in [-0.05, 0) is 47.0 Å². The molecule has 0 aliphatic heterocycles. The molecule has 1 aromatic carbocycles. The largest absolute Gasteiger partial charge is 0.399 e. The summed E-state index contributed by atoms with van der Waals surface area (Å²) in [4.78, 5) is 3.17. The monoisotopic (exact) mass is 321 g/mol. The fourth-order valence-electron chi connectivity index (χ4n) is 2.15. The molecular weight excluding hydrogens is 306 g/mol. The van der Waals surface area contributed by atoms with Crippen LogP contribution in [0.1, 0.15) is 11.1 Å². The van der Waals surface area contributed by atoms with E-state index in [1.165, 1.54) is 6.20 Å². The second-order valence-corrected chi connectivity index (χ2v) is 7.34. The molecule has 0 spiro atoms. The van der Waals surface area contributed by atoms with E-state index in [0.717, 1.165) is 16.6 Å². The lowest BCUT2D eigenvalue weighted by molar-refractivity contribution is 0.582. The van der Waals surface area contributed by atoms with Gasteiger partial charge in [-0.3, -0.25) is 0 Å². The van der Waals surface area contributed by atoms with E-state index in [9.17, 15) is 8.42 Å². The summed E-state index contributed by atoms with van der Waals surface area (Å²) in [6.45, 7) is 2.25. The number of sulfonamides is 1. The zero-order chi connectivity index (χ0) is 15.0. The maximum atomic E-state index is 12.5. The number of aromatic amines is 1. The van der Waals surface area contributed by atoms with E-state index < -0.39 is 10.0 Å². The van der Waals surface area contributed by atoms with E-state index in [0.29, 0.717) is 11.1 Å². The van der Waals surface area contributed by atoms with Gasteiger partial charge >= 0.3 is 0 Å². The fourth-order valence-corrected chi connectivity index (χ4v) is 4.18. The lowest BCUT2D eigenvalue weighted by Crippen LogP contribution is -2.23. The maximum absolute atomic E-state index is 12.5. The normalized spacial score (nSPS) is 12.0. The molecule has 0 saturated heterocycles. The van der Waals surface area contributed by atoms with Gasteiger partial charge in [0.2, 0.25) is 10.0 Å². The summed E-state index contributed by atoms with van der Waals surface area (Å²) in [6.07, 6.45) is 1.49. The van der Waals surface area contributed by atoms with Crippen LogP contribution in [0.5, 0.6) is 0 Å². The SMILES string of the molecule is Cc1cscc1CNS(=O)(=O)c1c[nH]c2ccc(N)cc12. The first kappa shape index (κ1) is 14.1. The van der Waals surface area contributed by atoms with Gasteiger partial charge in [-0.1, -0.05) is 0 Å². The molecule has 4 N–H and O–H groups in total. The van der Waals surface area contributed by atoms with Crippen molar-refractivity contribution < 1.29 is 8.42 Å². The lowest BCUT2D eigenvalue weighted by atomic mass is 10.2. The van der Waals surface area contributed by atoms with E-state index >= 15 is 0 Å². The predicted octanol–water partition coefficient (Wildman–Crippen LogP) is 2.60. The number of thiophene rings is 1. The number of rotatable bonds is 4. The van der Waals surface area contributed by atoms with Gasteiger partial charge < -0.3 is 10.7 Å². The predicted molar refractivity (Wildman–Crippen MR) is 85.8 cm³/mol. The minimum atomic E-state index is -3.59. The average Bonchev–Trinajstić information content (AvgIpc) is 3.02. The Kier molecular flexibility index (Phi) is 3.48. The van der Waals surface area contributed by atoms with Crippen LogP contribution in [-0.4, -0.2) is 13.4 Å². The molecule has 0 aliphatic carbocycles. The third-order valence-electron chi connectivity index (χ3n) is 3.37. The number of hydrogen-bond donors (Lipinski definition) is 3. The van der Waals surface area contributed by atoms with Crippen LogP contribution in [-0.2, 0) is 16.6 Å². The molecule has 0 aliphatic rings. The standard InChI is InChI=1S/C14H15N3O2S2/c1-9-7-20-8-10(9)5-17-21(18,19)14-6-16-13-3-2-11(15)4-12(13)14/h2-4,6-8,16-17H,5,15H2,1H3. The van der Waals surface area contributed by atoms with Crippen LogP contribution in [0.2, 0.25) is 0 Å². The Morgan fingerprint density at radius 3 is 2.86 bits per heavy atom.